The number of benzene rings is 1. The highest BCUT2D eigenvalue weighted by Gasteiger charge is 2.28. The smallest absolute Gasteiger partial charge is 0.123 e. The van der Waals surface area contributed by atoms with E-state index < -0.39 is 0 Å². The second-order valence-corrected chi connectivity index (χ2v) is 4.46. The van der Waals surface area contributed by atoms with E-state index in [0.717, 1.165) is 11.5 Å². The van der Waals surface area contributed by atoms with Crippen LogP contribution in [0.5, 0.6) is 0 Å². The minimum atomic E-state index is -0.139. The largest absolute Gasteiger partial charge is 0.313 e. The van der Waals surface area contributed by atoms with Gasteiger partial charge in [0.15, 0.2) is 0 Å². The molecule has 1 nitrogen and oxygen atoms in total. The fraction of sp³-hybridized carbons (Fsp3) is 0.538. The molecule has 1 atom stereocenters. The lowest BCUT2D eigenvalue weighted by molar-refractivity contribution is 0.239. The number of nitrogens with one attached hydrogen (secondary N) is 1. The van der Waals surface area contributed by atoms with Crippen molar-refractivity contribution >= 4 is 0 Å². The lowest BCUT2D eigenvalue weighted by atomic mass is 9.76. The van der Waals surface area contributed by atoms with Crippen molar-refractivity contribution in [3.05, 3.63) is 35.1 Å². The molecule has 1 N–H and O–H groups in total. The normalized spacial score (nSPS) is 18.6. The zero-order chi connectivity index (χ0) is 10.8. The Labute approximate surface area is 90.7 Å². The Balaban J connectivity index is 2.25. The lowest BCUT2D eigenvalue weighted by Gasteiger charge is -2.34. The predicted molar refractivity (Wildman–Crippen MR) is 60.3 cm³/mol. The number of rotatable bonds is 3. The Morgan fingerprint density at radius 1 is 1.40 bits per heavy atom. The van der Waals surface area contributed by atoms with Crippen LogP contribution >= 0.6 is 0 Å². The molecule has 1 aromatic rings. The molecule has 2 rings (SSSR count). The van der Waals surface area contributed by atoms with E-state index in [-0.39, 0.29) is 5.82 Å². The molecule has 1 aliphatic rings. The number of hydrogen-bond donors (Lipinski definition) is 1. The van der Waals surface area contributed by atoms with Crippen LogP contribution in [0.15, 0.2) is 18.2 Å². The van der Waals surface area contributed by atoms with E-state index in [1.165, 1.54) is 24.8 Å². The van der Waals surface area contributed by atoms with Crippen molar-refractivity contribution in [1.82, 2.24) is 5.32 Å². The van der Waals surface area contributed by atoms with Crippen LogP contribution in [0.1, 0.15) is 36.4 Å². The van der Waals surface area contributed by atoms with Gasteiger partial charge >= 0.3 is 0 Å². The van der Waals surface area contributed by atoms with Gasteiger partial charge in [0.1, 0.15) is 5.82 Å². The Hall–Kier alpha value is -0.890. The first-order chi connectivity index (χ1) is 7.22. The summed E-state index contributed by atoms with van der Waals surface area (Å²) < 4.78 is 13.0. The molecule has 0 aliphatic heterocycles. The maximum atomic E-state index is 13.0. The van der Waals surface area contributed by atoms with Gasteiger partial charge in [0, 0.05) is 6.04 Å². The third kappa shape index (κ3) is 2.05. The van der Waals surface area contributed by atoms with Crippen molar-refractivity contribution in [2.75, 3.05) is 7.05 Å². The van der Waals surface area contributed by atoms with Crippen LogP contribution in [0.25, 0.3) is 0 Å². The van der Waals surface area contributed by atoms with Crippen LogP contribution in [0, 0.1) is 18.7 Å². The molecule has 82 valence electrons. The summed E-state index contributed by atoms with van der Waals surface area (Å²) >= 11 is 0. The van der Waals surface area contributed by atoms with Crippen LogP contribution < -0.4 is 5.32 Å². The Morgan fingerprint density at radius 3 is 2.60 bits per heavy atom. The lowest BCUT2D eigenvalue weighted by Crippen LogP contribution is -2.30. The topological polar surface area (TPSA) is 12.0 Å². The second-order valence-electron chi connectivity index (χ2n) is 4.46. The van der Waals surface area contributed by atoms with Gasteiger partial charge in [-0.05, 0) is 56.0 Å². The average Bonchev–Trinajstić information content (AvgIpc) is 2.12. The fourth-order valence-electron chi connectivity index (χ4n) is 2.41. The minimum absolute atomic E-state index is 0.139. The monoisotopic (exact) mass is 207 g/mol. The van der Waals surface area contributed by atoms with Gasteiger partial charge in [-0.3, -0.25) is 0 Å². The average molecular weight is 207 g/mol. The van der Waals surface area contributed by atoms with Gasteiger partial charge in [-0.15, -0.1) is 0 Å². The summed E-state index contributed by atoms with van der Waals surface area (Å²) in [6.45, 7) is 1.99. The van der Waals surface area contributed by atoms with Gasteiger partial charge in [0.2, 0.25) is 0 Å². The summed E-state index contributed by atoms with van der Waals surface area (Å²) in [6, 6.07) is 5.51. The van der Waals surface area contributed by atoms with Crippen molar-refractivity contribution in [2.45, 2.75) is 32.2 Å². The maximum absolute atomic E-state index is 13.0. The molecule has 0 aromatic heterocycles. The Kier molecular flexibility index (Phi) is 3.06. The van der Waals surface area contributed by atoms with Crippen molar-refractivity contribution in [2.24, 2.45) is 5.92 Å². The maximum Gasteiger partial charge on any atom is 0.123 e. The molecule has 1 saturated carbocycles. The first kappa shape index (κ1) is 10.6. The fourth-order valence-corrected chi connectivity index (χ4v) is 2.41. The summed E-state index contributed by atoms with van der Waals surface area (Å²) in [7, 11) is 1.99. The molecule has 15 heavy (non-hydrogen) atoms. The number of aryl methyl sites for hydroxylation is 1. The molecule has 0 bridgehead atoms. The molecule has 0 amide bonds. The Morgan fingerprint density at radius 2 is 2.13 bits per heavy atom. The minimum Gasteiger partial charge on any atom is -0.313 e. The van der Waals surface area contributed by atoms with Gasteiger partial charge in [0.05, 0.1) is 0 Å². The van der Waals surface area contributed by atoms with Crippen LogP contribution in [0.3, 0.4) is 0 Å². The molecule has 2 heteroatoms. The molecule has 0 saturated heterocycles. The number of hydrogen-bond acceptors (Lipinski definition) is 1. The zero-order valence-electron chi connectivity index (χ0n) is 9.39. The molecular weight excluding hydrogens is 189 g/mol. The predicted octanol–water partition coefficient (Wildman–Crippen LogP) is 3.19. The highest BCUT2D eigenvalue weighted by molar-refractivity contribution is 5.30. The molecule has 1 aromatic carbocycles. The van der Waals surface area contributed by atoms with E-state index in [4.69, 9.17) is 0 Å². The first-order valence-electron chi connectivity index (χ1n) is 5.65. The molecule has 1 aliphatic carbocycles. The third-order valence-corrected chi connectivity index (χ3v) is 3.50. The number of halogens is 1. The van der Waals surface area contributed by atoms with Gasteiger partial charge in [-0.2, -0.15) is 0 Å². The highest BCUT2D eigenvalue weighted by Crippen LogP contribution is 2.38. The highest BCUT2D eigenvalue weighted by atomic mass is 19.1. The van der Waals surface area contributed by atoms with Crippen molar-refractivity contribution in [3.63, 3.8) is 0 Å². The van der Waals surface area contributed by atoms with E-state index >= 15 is 0 Å². The van der Waals surface area contributed by atoms with Gasteiger partial charge in [0.25, 0.3) is 0 Å². The van der Waals surface area contributed by atoms with Gasteiger partial charge < -0.3 is 5.32 Å². The van der Waals surface area contributed by atoms with Crippen LogP contribution in [0.2, 0.25) is 0 Å². The quantitative estimate of drug-likeness (QED) is 0.802. The van der Waals surface area contributed by atoms with Gasteiger partial charge in [-0.25, -0.2) is 4.39 Å². The van der Waals surface area contributed by atoms with E-state index in [0.29, 0.717) is 6.04 Å². The van der Waals surface area contributed by atoms with E-state index in [9.17, 15) is 4.39 Å². The van der Waals surface area contributed by atoms with E-state index in [1.54, 1.807) is 12.1 Å². The molecule has 0 radical (unpaired) electrons. The van der Waals surface area contributed by atoms with Gasteiger partial charge in [-0.1, -0.05) is 12.5 Å². The summed E-state index contributed by atoms with van der Waals surface area (Å²) in [4.78, 5) is 0. The Bertz CT molecular complexity index is 344. The standard InChI is InChI=1S/C13H18FN/c1-9-8-11(14)6-7-12(9)13(15-2)10-4-3-5-10/h6-8,10,13,15H,3-5H2,1-2H3. The molecular formula is C13H18FN. The van der Waals surface area contributed by atoms with E-state index in [2.05, 4.69) is 5.32 Å². The molecule has 0 heterocycles. The summed E-state index contributed by atoms with van der Waals surface area (Å²) in [5, 5.41) is 3.36. The van der Waals surface area contributed by atoms with E-state index in [1.807, 2.05) is 20.0 Å². The van der Waals surface area contributed by atoms with Crippen LogP contribution in [-0.2, 0) is 0 Å². The second kappa shape index (κ2) is 4.31. The van der Waals surface area contributed by atoms with Crippen LogP contribution in [0.4, 0.5) is 4.39 Å². The summed E-state index contributed by atoms with van der Waals surface area (Å²) in [5.74, 6) is 0.596. The molecule has 1 unspecified atom stereocenters. The SMILES string of the molecule is CNC(c1ccc(F)cc1C)C1CCC1. The zero-order valence-corrected chi connectivity index (χ0v) is 9.39. The molecule has 1 fully saturated rings. The summed E-state index contributed by atoms with van der Waals surface area (Å²) in [6.07, 6.45) is 3.92. The first-order valence-corrected chi connectivity index (χ1v) is 5.65. The summed E-state index contributed by atoms with van der Waals surface area (Å²) in [5.41, 5.74) is 2.31. The van der Waals surface area contributed by atoms with Crippen LogP contribution in [-0.4, -0.2) is 7.05 Å². The van der Waals surface area contributed by atoms with Crippen molar-refractivity contribution in [3.8, 4) is 0 Å². The van der Waals surface area contributed by atoms with Crippen molar-refractivity contribution < 1.29 is 4.39 Å². The van der Waals surface area contributed by atoms with Crippen molar-refractivity contribution in [1.29, 1.82) is 0 Å². The third-order valence-electron chi connectivity index (χ3n) is 3.50. The molecule has 0 spiro atoms.